The van der Waals surface area contributed by atoms with Gasteiger partial charge in [-0.25, -0.2) is 0 Å². The maximum Gasteiger partial charge on any atom is 0.0267 e. The molecule has 0 aliphatic heterocycles. The molecule has 0 spiro atoms. The van der Waals surface area contributed by atoms with Crippen molar-refractivity contribution in [2.75, 3.05) is 0 Å². The van der Waals surface area contributed by atoms with Gasteiger partial charge < -0.3 is 6.42 Å². The summed E-state index contributed by atoms with van der Waals surface area (Å²) >= 11 is -5.25. The Balaban J connectivity index is 0. The fraction of sp³-hybridized carbons (Fsp3) is 0.538. The van der Waals surface area contributed by atoms with E-state index in [4.69, 9.17) is 15.9 Å². The van der Waals surface area contributed by atoms with E-state index in [2.05, 4.69) is 25.3 Å². The Morgan fingerprint density at radius 3 is 1.84 bits per heavy atom. The van der Waals surface area contributed by atoms with E-state index in [1.807, 2.05) is 18.2 Å². The van der Waals surface area contributed by atoms with Crippen molar-refractivity contribution >= 4 is 0 Å². The van der Waals surface area contributed by atoms with Crippen molar-refractivity contribution in [2.24, 2.45) is 0 Å². The van der Waals surface area contributed by atoms with Crippen LogP contribution in [0.15, 0.2) is 30.6 Å². The van der Waals surface area contributed by atoms with E-state index in [0.29, 0.717) is 0 Å². The maximum absolute atomic E-state index is 8.82. The van der Waals surface area contributed by atoms with Crippen molar-refractivity contribution in [3.8, 4) is 0 Å². The van der Waals surface area contributed by atoms with E-state index in [1.54, 1.807) is 12.4 Å². The number of rotatable bonds is 5. The topological polar surface area (TPSA) is 87.5 Å². The Hall–Kier alpha value is -0.798. The molecule has 0 saturated heterocycles. The van der Waals surface area contributed by atoms with Crippen LogP contribution in [0.1, 0.15) is 46.0 Å². The number of hydrogen-bond donors (Lipinski definition) is 2. The third kappa shape index (κ3) is 38.2. The minimum atomic E-state index is -5.25. The van der Waals surface area contributed by atoms with Crippen LogP contribution in [0.2, 0.25) is 0 Å². The molecule has 19 heavy (non-hydrogen) atoms. The van der Waals surface area contributed by atoms with E-state index >= 15 is 0 Å². The normalized spacial score (nSPS) is 9.68. The maximum atomic E-state index is 8.82. The zero-order valence-corrected chi connectivity index (χ0v) is 12.8. The molecular weight excluding hydrogens is 286 g/mol. The van der Waals surface area contributed by atoms with Crippen molar-refractivity contribution in [1.29, 1.82) is 0 Å². The fourth-order valence-electron chi connectivity index (χ4n) is 1.09. The molecule has 1 aromatic heterocycles. The number of hydrogen-bond acceptors (Lipinski definition) is 3. The van der Waals surface area contributed by atoms with Gasteiger partial charge in [-0.3, -0.25) is 4.98 Å². The van der Waals surface area contributed by atoms with Gasteiger partial charge in [-0.1, -0.05) is 38.7 Å². The van der Waals surface area contributed by atoms with Gasteiger partial charge in [0.05, 0.1) is 0 Å². The van der Waals surface area contributed by atoms with Crippen molar-refractivity contribution in [1.82, 2.24) is 4.98 Å². The average Bonchev–Trinajstić information content (AvgIpc) is 2.36. The second-order valence-electron chi connectivity index (χ2n) is 3.73. The molecule has 0 aliphatic carbocycles. The molecule has 1 rings (SSSR count). The molecule has 0 aromatic carbocycles. The van der Waals surface area contributed by atoms with Gasteiger partial charge in [0.25, 0.3) is 0 Å². The zero-order chi connectivity index (χ0) is 15.0. The summed E-state index contributed by atoms with van der Waals surface area (Å²) in [6, 6.07) is 5.72. The molecule has 0 radical (unpaired) electrons. The smallest absolute Gasteiger partial charge is 0.0267 e. The van der Waals surface area contributed by atoms with Crippen LogP contribution in [0.5, 0.6) is 0 Å². The number of unbranched alkanes of at least 4 members (excludes halogenated alkanes) is 5. The van der Waals surface area contributed by atoms with Crippen LogP contribution in [0.25, 0.3) is 0 Å². The van der Waals surface area contributed by atoms with Crippen molar-refractivity contribution < 1.29 is 29.5 Å². The predicted molar refractivity (Wildman–Crippen MR) is 68.8 cm³/mol. The molecule has 0 unspecified atom stereocenters. The van der Waals surface area contributed by atoms with Gasteiger partial charge in [0, 0.05) is 12.4 Å². The first-order valence-electron chi connectivity index (χ1n) is 6.24. The molecular formula is C13H24CrNO4-. The summed E-state index contributed by atoms with van der Waals surface area (Å²) < 4.78 is 31.9. The number of aromatic nitrogens is 1. The van der Waals surface area contributed by atoms with Crippen LogP contribution in [-0.2, 0) is 21.2 Å². The molecule has 112 valence electrons. The van der Waals surface area contributed by atoms with Crippen LogP contribution in [0, 0.1) is 6.42 Å². The van der Waals surface area contributed by atoms with Crippen molar-refractivity contribution in [3.05, 3.63) is 37.0 Å². The van der Waals surface area contributed by atoms with Gasteiger partial charge in [0.1, 0.15) is 0 Å². The zero-order valence-electron chi connectivity index (χ0n) is 11.6. The molecule has 2 N–H and O–H groups in total. The van der Waals surface area contributed by atoms with Gasteiger partial charge in [-0.15, -0.1) is 0 Å². The standard InChI is InChI=1S/C8H17.C5H5N.Cr.2H2O.2O/c1-3-5-7-8-6-4-2;1-2-4-6-5-3-1;;;;;/h3H,4-8H2,1-2H3;1-5H;;2*1H2;;/q-1;;+2;;;;/p-2. The minimum absolute atomic E-state index is 1.31. The molecule has 5 nitrogen and oxygen atoms in total. The fourth-order valence-corrected chi connectivity index (χ4v) is 1.09. The third-order valence-corrected chi connectivity index (χ3v) is 1.91. The molecule has 0 atom stereocenters. The van der Waals surface area contributed by atoms with Gasteiger partial charge in [0.2, 0.25) is 0 Å². The second kappa shape index (κ2) is 15.3. The summed E-state index contributed by atoms with van der Waals surface area (Å²) in [7, 11) is 0. The van der Waals surface area contributed by atoms with E-state index in [-0.39, 0.29) is 0 Å². The van der Waals surface area contributed by atoms with E-state index in [9.17, 15) is 0 Å². The van der Waals surface area contributed by atoms with Gasteiger partial charge >= 0.3 is 29.5 Å². The van der Waals surface area contributed by atoms with E-state index < -0.39 is 13.6 Å². The Bertz CT molecular complexity index is 313. The summed E-state index contributed by atoms with van der Waals surface area (Å²) in [4.78, 5) is 3.78. The van der Waals surface area contributed by atoms with E-state index in [0.717, 1.165) is 0 Å². The molecule has 1 heterocycles. The number of nitrogens with zero attached hydrogens (tertiary/aromatic N) is 1. The summed E-state index contributed by atoms with van der Waals surface area (Å²) in [5, 5.41) is 0. The van der Waals surface area contributed by atoms with Crippen LogP contribution in [0.4, 0.5) is 0 Å². The Morgan fingerprint density at radius 2 is 1.58 bits per heavy atom. The SMILES string of the molecule is C[CH-]CCCCCC.[O]=[Cr](=[O])([OH])[OH].c1ccncc1. The van der Waals surface area contributed by atoms with Crippen LogP contribution in [-0.4, -0.2) is 13.3 Å². The first kappa shape index (κ1) is 20.5. The first-order valence-corrected chi connectivity index (χ1v) is 8.42. The summed E-state index contributed by atoms with van der Waals surface area (Å²) in [5.74, 6) is 0. The van der Waals surface area contributed by atoms with Gasteiger partial charge in [-0.2, -0.15) is 13.3 Å². The first-order chi connectivity index (χ1) is 8.91. The molecule has 0 amide bonds. The molecule has 0 bridgehead atoms. The quantitative estimate of drug-likeness (QED) is 0.645. The summed E-state index contributed by atoms with van der Waals surface area (Å²) in [6.07, 6.45) is 12.6. The largest absolute Gasteiger partial charge is 0.265 e. The molecule has 0 fully saturated rings. The molecule has 6 heteroatoms. The molecule has 0 saturated carbocycles. The summed E-state index contributed by atoms with van der Waals surface area (Å²) in [6.45, 7) is 4.38. The van der Waals surface area contributed by atoms with Gasteiger partial charge in [0.15, 0.2) is 0 Å². The molecule has 1 aromatic rings. The molecule has 0 aliphatic rings. The second-order valence-corrected chi connectivity index (χ2v) is 5.13. The minimum Gasteiger partial charge on any atom is -0.265 e. The Morgan fingerprint density at radius 1 is 1.05 bits per heavy atom. The predicted octanol–water partition coefficient (Wildman–Crippen LogP) is 2.91. The van der Waals surface area contributed by atoms with Gasteiger partial charge in [-0.05, 0) is 12.1 Å². The summed E-state index contributed by atoms with van der Waals surface area (Å²) in [5.41, 5.74) is 0. The van der Waals surface area contributed by atoms with Crippen LogP contribution < -0.4 is 0 Å². The monoisotopic (exact) mass is 310 g/mol. The van der Waals surface area contributed by atoms with Crippen LogP contribution >= 0.6 is 0 Å². The Kier molecular flexibility index (Phi) is 16.5. The van der Waals surface area contributed by atoms with E-state index in [1.165, 1.54) is 32.1 Å². The van der Waals surface area contributed by atoms with Crippen LogP contribution in [0.3, 0.4) is 0 Å². The number of pyridine rings is 1. The van der Waals surface area contributed by atoms with Crippen molar-refractivity contribution in [2.45, 2.75) is 46.0 Å². The van der Waals surface area contributed by atoms with Crippen molar-refractivity contribution in [3.63, 3.8) is 0 Å². The third-order valence-electron chi connectivity index (χ3n) is 1.91. The Labute approximate surface area is 118 Å². The average molecular weight is 310 g/mol.